The molecule has 1 heterocycles. The van der Waals surface area contributed by atoms with Gasteiger partial charge in [0.15, 0.2) is 0 Å². The summed E-state index contributed by atoms with van der Waals surface area (Å²) in [5.41, 5.74) is 3.08. The summed E-state index contributed by atoms with van der Waals surface area (Å²) in [7, 11) is 1.51. The van der Waals surface area contributed by atoms with Gasteiger partial charge in [-0.15, -0.1) is 0 Å². The highest BCUT2D eigenvalue weighted by atomic mass is 16.5. The predicted molar refractivity (Wildman–Crippen MR) is 125 cm³/mol. The molecule has 6 nitrogen and oxygen atoms in total. The molecule has 1 aliphatic rings. The maximum atomic E-state index is 13.0. The van der Waals surface area contributed by atoms with E-state index in [0.29, 0.717) is 28.0 Å². The topological polar surface area (TPSA) is 75.7 Å². The number of nitrogens with zero attached hydrogens (tertiary/aromatic N) is 1. The molecule has 3 amide bonds. The molecule has 6 heteroatoms. The van der Waals surface area contributed by atoms with Crippen LogP contribution in [0.1, 0.15) is 55.5 Å². The van der Waals surface area contributed by atoms with Gasteiger partial charge < -0.3 is 10.1 Å². The van der Waals surface area contributed by atoms with Crippen molar-refractivity contribution in [3.05, 3.63) is 101 Å². The van der Waals surface area contributed by atoms with E-state index in [4.69, 9.17) is 4.74 Å². The molecule has 3 aromatic carbocycles. The van der Waals surface area contributed by atoms with Crippen LogP contribution in [0.2, 0.25) is 0 Å². The fraction of sp³-hybridized carbons (Fsp3) is 0.222. The van der Waals surface area contributed by atoms with Crippen molar-refractivity contribution in [2.75, 3.05) is 7.11 Å². The average molecular weight is 443 g/mol. The molecule has 0 aliphatic carbocycles. The Balaban J connectivity index is 1.46. The van der Waals surface area contributed by atoms with E-state index >= 15 is 0 Å². The summed E-state index contributed by atoms with van der Waals surface area (Å²) in [6.07, 6.45) is 1.66. The van der Waals surface area contributed by atoms with Crippen LogP contribution < -0.4 is 10.1 Å². The van der Waals surface area contributed by atoms with Crippen LogP contribution in [-0.4, -0.2) is 35.8 Å². The molecule has 4 rings (SSSR count). The Labute approximate surface area is 193 Å². The van der Waals surface area contributed by atoms with Crippen molar-refractivity contribution in [2.45, 2.75) is 32.4 Å². The zero-order chi connectivity index (χ0) is 23.4. The zero-order valence-electron chi connectivity index (χ0n) is 18.7. The van der Waals surface area contributed by atoms with Gasteiger partial charge in [-0.25, -0.2) is 0 Å². The first kappa shape index (κ1) is 22.3. The third kappa shape index (κ3) is 4.80. The lowest BCUT2D eigenvalue weighted by Crippen LogP contribution is -2.33. The minimum atomic E-state index is -0.327. The van der Waals surface area contributed by atoms with Gasteiger partial charge in [-0.3, -0.25) is 19.3 Å². The minimum absolute atomic E-state index is 0.0395. The molecule has 1 N–H and O–H groups in total. The Morgan fingerprint density at radius 3 is 2.18 bits per heavy atom. The fourth-order valence-electron chi connectivity index (χ4n) is 4.00. The van der Waals surface area contributed by atoms with Crippen molar-refractivity contribution in [3.63, 3.8) is 0 Å². The number of amides is 3. The van der Waals surface area contributed by atoms with Gasteiger partial charge in [-0.1, -0.05) is 48.5 Å². The van der Waals surface area contributed by atoms with E-state index in [-0.39, 0.29) is 30.3 Å². The second-order valence-corrected chi connectivity index (χ2v) is 8.18. The van der Waals surface area contributed by atoms with Crippen LogP contribution in [0, 0.1) is 0 Å². The lowest BCUT2D eigenvalue weighted by molar-refractivity contribution is 0.0642. The minimum Gasteiger partial charge on any atom is -0.496 e. The number of ether oxygens (including phenoxy) is 1. The summed E-state index contributed by atoms with van der Waals surface area (Å²) >= 11 is 0. The summed E-state index contributed by atoms with van der Waals surface area (Å²) in [6.45, 7) is 2.05. The fourth-order valence-corrected chi connectivity index (χ4v) is 4.00. The van der Waals surface area contributed by atoms with Gasteiger partial charge in [0.1, 0.15) is 5.75 Å². The molecule has 0 fully saturated rings. The Morgan fingerprint density at radius 1 is 0.909 bits per heavy atom. The van der Waals surface area contributed by atoms with E-state index < -0.39 is 0 Å². The largest absolute Gasteiger partial charge is 0.496 e. The molecule has 1 atom stereocenters. The lowest BCUT2D eigenvalue weighted by Gasteiger charge is -2.18. The molecule has 3 aromatic rings. The number of carbonyl (C=O) groups is 3. The average Bonchev–Trinajstić information content (AvgIpc) is 3.08. The Morgan fingerprint density at radius 2 is 1.55 bits per heavy atom. The SMILES string of the molecule is COc1ccc(CN2C(=O)c3ccccc3C2=O)cc1C(=O)NC(C)CCc1ccccc1. The van der Waals surface area contributed by atoms with Gasteiger partial charge in [0.05, 0.1) is 30.3 Å². The number of fused-ring (bicyclic) bond motifs is 1. The van der Waals surface area contributed by atoms with Crippen LogP contribution >= 0.6 is 0 Å². The van der Waals surface area contributed by atoms with Crippen molar-refractivity contribution in [3.8, 4) is 5.75 Å². The molecule has 1 unspecified atom stereocenters. The van der Waals surface area contributed by atoms with E-state index in [1.165, 1.54) is 17.6 Å². The van der Waals surface area contributed by atoms with E-state index in [0.717, 1.165) is 12.8 Å². The Hall–Kier alpha value is -3.93. The molecular formula is C27H26N2O4. The quantitative estimate of drug-likeness (QED) is 0.530. The number of hydrogen-bond donors (Lipinski definition) is 1. The highest BCUT2D eigenvalue weighted by molar-refractivity contribution is 6.21. The third-order valence-corrected chi connectivity index (χ3v) is 5.81. The molecule has 33 heavy (non-hydrogen) atoms. The number of nitrogens with one attached hydrogen (secondary N) is 1. The van der Waals surface area contributed by atoms with E-state index in [1.54, 1.807) is 42.5 Å². The van der Waals surface area contributed by atoms with Crippen LogP contribution in [0.25, 0.3) is 0 Å². The van der Waals surface area contributed by atoms with Crippen LogP contribution in [0.3, 0.4) is 0 Å². The standard InChI is InChI=1S/C27H26N2O4/c1-18(12-13-19-8-4-3-5-9-19)28-25(30)23-16-20(14-15-24(23)33-2)17-29-26(31)21-10-6-7-11-22(21)27(29)32/h3-11,14-16,18H,12-13,17H2,1-2H3,(H,28,30). The molecule has 0 saturated carbocycles. The van der Waals surface area contributed by atoms with Gasteiger partial charge >= 0.3 is 0 Å². The monoisotopic (exact) mass is 442 g/mol. The number of rotatable bonds is 8. The molecule has 1 aliphatic heterocycles. The summed E-state index contributed by atoms with van der Waals surface area (Å²) in [5.74, 6) is -0.468. The second-order valence-electron chi connectivity index (χ2n) is 8.18. The molecule has 0 bridgehead atoms. The molecule has 0 saturated heterocycles. The summed E-state index contributed by atoms with van der Waals surface area (Å²) < 4.78 is 5.39. The van der Waals surface area contributed by atoms with Crippen LogP contribution in [-0.2, 0) is 13.0 Å². The number of aryl methyl sites for hydroxylation is 1. The lowest BCUT2D eigenvalue weighted by atomic mass is 10.0. The van der Waals surface area contributed by atoms with Crippen LogP contribution in [0.15, 0.2) is 72.8 Å². The van der Waals surface area contributed by atoms with Gasteiger partial charge in [-0.05, 0) is 55.2 Å². The number of methoxy groups -OCH3 is 1. The van der Waals surface area contributed by atoms with Crippen molar-refractivity contribution in [2.24, 2.45) is 0 Å². The number of benzene rings is 3. The predicted octanol–water partition coefficient (Wildman–Crippen LogP) is 4.24. The third-order valence-electron chi connectivity index (χ3n) is 5.81. The van der Waals surface area contributed by atoms with Crippen LogP contribution in [0.5, 0.6) is 5.75 Å². The smallest absolute Gasteiger partial charge is 0.261 e. The van der Waals surface area contributed by atoms with Crippen molar-refractivity contribution < 1.29 is 19.1 Å². The molecule has 0 aromatic heterocycles. The van der Waals surface area contributed by atoms with Gasteiger partial charge in [-0.2, -0.15) is 0 Å². The first-order chi connectivity index (χ1) is 16.0. The summed E-state index contributed by atoms with van der Waals surface area (Å²) in [5, 5.41) is 3.03. The van der Waals surface area contributed by atoms with Gasteiger partial charge in [0, 0.05) is 6.04 Å². The number of imide groups is 1. The maximum absolute atomic E-state index is 13.0. The molecular weight excluding hydrogens is 416 g/mol. The molecule has 0 spiro atoms. The molecule has 0 radical (unpaired) electrons. The van der Waals surface area contributed by atoms with E-state index in [2.05, 4.69) is 17.4 Å². The normalized spacial score (nSPS) is 13.6. The highest BCUT2D eigenvalue weighted by Crippen LogP contribution is 2.26. The van der Waals surface area contributed by atoms with Crippen molar-refractivity contribution >= 4 is 17.7 Å². The summed E-state index contributed by atoms with van der Waals surface area (Å²) in [6, 6.07) is 22.0. The van der Waals surface area contributed by atoms with E-state index in [9.17, 15) is 14.4 Å². The molecule has 168 valence electrons. The first-order valence-electron chi connectivity index (χ1n) is 10.9. The van der Waals surface area contributed by atoms with Gasteiger partial charge in [0.25, 0.3) is 17.7 Å². The van der Waals surface area contributed by atoms with Crippen LogP contribution in [0.4, 0.5) is 0 Å². The van der Waals surface area contributed by atoms with Crippen molar-refractivity contribution in [1.29, 1.82) is 0 Å². The second kappa shape index (κ2) is 9.69. The first-order valence-corrected chi connectivity index (χ1v) is 10.9. The number of carbonyl (C=O) groups excluding carboxylic acids is 3. The Bertz CT molecular complexity index is 1150. The highest BCUT2D eigenvalue weighted by Gasteiger charge is 2.35. The van der Waals surface area contributed by atoms with E-state index in [1.807, 2.05) is 25.1 Å². The zero-order valence-corrected chi connectivity index (χ0v) is 18.7. The van der Waals surface area contributed by atoms with Gasteiger partial charge in [0.2, 0.25) is 0 Å². The number of hydrogen-bond acceptors (Lipinski definition) is 4. The maximum Gasteiger partial charge on any atom is 0.261 e. The Kier molecular flexibility index (Phi) is 6.54. The summed E-state index contributed by atoms with van der Waals surface area (Å²) in [4.78, 5) is 39.6. The van der Waals surface area contributed by atoms with Crippen molar-refractivity contribution in [1.82, 2.24) is 10.2 Å².